The van der Waals surface area contributed by atoms with Crippen molar-refractivity contribution in [2.75, 3.05) is 0 Å². The van der Waals surface area contributed by atoms with Gasteiger partial charge in [0, 0.05) is 6.54 Å². The topological polar surface area (TPSA) is 30.7 Å². The van der Waals surface area contributed by atoms with Crippen molar-refractivity contribution < 1.29 is 0 Å². The Morgan fingerprint density at radius 3 is 2.64 bits per heavy atom. The molecule has 0 spiro atoms. The van der Waals surface area contributed by atoms with Gasteiger partial charge in [-0.15, -0.1) is 5.10 Å². The van der Waals surface area contributed by atoms with E-state index in [1.807, 2.05) is 10.9 Å². The minimum atomic E-state index is 0.390. The highest BCUT2D eigenvalue weighted by molar-refractivity contribution is 4.94. The summed E-state index contributed by atoms with van der Waals surface area (Å²) in [7, 11) is 0. The van der Waals surface area contributed by atoms with Gasteiger partial charge in [0.05, 0.1) is 11.9 Å². The molecule has 0 fully saturated rings. The fourth-order valence-corrected chi connectivity index (χ4v) is 1.38. The molecule has 1 rings (SSSR count). The molecule has 0 unspecified atom stereocenters. The Morgan fingerprint density at radius 2 is 2.07 bits per heavy atom. The zero-order valence-electron chi connectivity index (χ0n) is 9.75. The lowest BCUT2D eigenvalue weighted by atomic mass is 9.90. The lowest BCUT2D eigenvalue weighted by Gasteiger charge is -2.17. The van der Waals surface area contributed by atoms with Gasteiger partial charge in [0.25, 0.3) is 0 Å². The highest BCUT2D eigenvalue weighted by Gasteiger charge is 2.12. The maximum atomic E-state index is 4.07. The first kappa shape index (κ1) is 11.2. The van der Waals surface area contributed by atoms with Crippen LogP contribution in [0.1, 0.15) is 46.2 Å². The Bertz CT molecular complexity index is 270. The maximum Gasteiger partial charge on any atom is 0.0725 e. The summed E-state index contributed by atoms with van der Waals surface area (Å²) in [6, 6.07) is 0. The summed E-state index contributed by atoms with van der Waals surface area (Å²) in [5, 5.41) is 8.03. The Morgan fingerprint density at radius 1 is 1.36 bits per heavy atom. The molecule has 0 aliphatic heterocycles. The van der Waals surface area contributed by atoms with Crippen molar-refractivity contribution in [1.82, 2.24) is 15.0 Å². The summed E-state index contributed by atoms with van der Waals surface area (Å²) in [5.74, 6) is 0. The molecule has 3 nitrogen and oxygen atoms in total. The van der Waals surface area contributed by atoms with Crippen LogP contribution in [0, 0.1) is 5.41 Å². The first-order valence-electron chi connectivity index (χ1n) is 5.40. The van der Waals surface area contributed by atoms with Gasteiger partial charge >= 0.3 is 0 Å². The number of aryl methyl sites for hydroxylation is 2. The summed E-state index contributed by atoms with van der Waals surface area (Å²) in [6.07, 6.45) is 5.27. The number of hydrogen-bond acceptors (Lipinski definition) is 2. The molecule has 0 atom stereocenters. The van der Waals surface area contributed by atoms with Gasteiger partial charge in [-0.25, -0.2) is 4.68 Å². The lowest BCUT2D eigenvalue weighted by Crippen LogP contribution is -2.10. The lowest BCUT2D eigenvalue weighted by molar-refractivity contribution is 0.371. The van der Waals surface area contributed by atoms with E-state index in [9.17, 15) is 0 Å². The van der Waals surface area contributed by atoms with Gasteiger partial charge in [0.2, 0.25) is 0 Å². The highest BCUT2D eigenvalue weighted by Crippen LogP contribution is 2.20. The van der Waals surface area contributed by atoms with Crippen molar-refractivity contribution in [3.63, 3.8) is 0 Å². The largest absolute Gasteiger partial charge is 0.249 e. The molecule has 0 N–H and O–H groups in total. The third kappa shape index (κ3) is 3.48. The van der Waals surface area contributed by atoms with Gasteiger partial charge in [-0.2, -0.15) is 0 Å². The summed E-state index contributed by atoms with van der Waals surface area (Å²) >= 11 is 0. The van der Waals surface area contributed by atoms with Crippen LogP contribution in [0.4, 0.5) is 0 Å². The molecule has 14 heavy (non-hydrogen) atoms. The average Bonchev–Trinajstić information content (AvgIpc) is 2.48. The summed E-state index contributed by atoms with van der Waals surface area (Å²) in [6.45, 7) is 9.94. The van der Waals surface area contributed by atoms with Crippen LogP contribution in [0.2, 0.25) is 0 Å². The van der Waals surface area contributed by atoms with Crippen LogP contribution in [0.15, 0.2) is 6.20 Å². The zero-order chi connectivity index (χ0) is 10.6. The molecule has 3 heteroatoms. The zero-order valence-corrected chi connectivity index (χ0v) is 9.75. The fraction of sp³-hybridized carbons (Fsp3) is 0.818. The highest BCUT2D eigenvalue weighted by atomic mass is 15.4. The molecule has 0 aliphatic carbocycles. The normalized spacial score (nSPS) is 12.0. The monoisotopic (exact) mass is 195 g/mol. The van der Waals surface area contributed by atoms with Gasteiger partial charge in [0.15, 0.2) is 0 Å². The van der Waals surface area contributed by atoms with Crippen molar-refractivity contribution in [2.24, 2.45) is 5.41 Å². The molecule has 80 valence electrons. The molecule has 0 aromatic carbocycles. The van der Waals surface area contributed by atoms with Gasteiger partial charge in [0.1, 0.15) is 0 Å². The molecular weight excluding hydrogens is 174 g/mol. The second kappa shape index (κ2) is 4.58. The molecule has 0 saturated heterocycles. The summed E-state index contributed by atoms with van der Waals surface area (Å²) < 4.78 is 2.02. The van der Waals surface area contributed by atoms with Gasteiger partial charge in [-0.3, -0.25) is 0 Å². The molecule has 0 bridgehead atoms. The fourth-order valence-electron chi connectivity index (χ4n) is 1.38. The van der Waals surface area contributed by atoms with E-state index in [-0.39, 0.29) is 0 Å². The molecule has 0 saturated carbocycles. The predicted octanol–water partition coefficient (Wildman–Crippen LogP) is 2.67. The first-order chi connectivity index (χ1) is 6.53. The first-order valence-corrected chi connectivity index (χ1v) is 5.40. The van der Waals surface area contributed by atoms with E-state index in [4.69, 9.17) is 0 Å². The van der Waals surface area contributed by atoms with Crippen molar-refractivity contribution in [3.8, 4) is 0 Å². The average molecular weight is 195 g/mol. The van der Waals surface area contributed by atoms with Gasteiger partial charge in [-0.1, -0.05) is 32.9 Å². The van der Waals surface area contributed by atoms with Crippen molar-refractivity contribution in [2.45, 2.75) is 53.5 Å². The van der Waals surface area contributed by atoms with E-state index >= 15 is 0 Å². The third-order valence-electron chi connectivity index (χ3n) is 2.26. The minimum Gasteiger partial charge on any atom is -0.249 e. The van der Waals surface area contributed by atoms with Gasteiger partial charge < -0.3 is 0 Å². The number of nitrogens with zero attached hydrogens (tertiary/aromatic N) is 3. The van der Waals surface area contributed by atoms with E-state index in [2.05, 4.69) is 38.0 Å². The molecule has 0 radical (unpaired) electrons. The van der Waals surface area contributed by atoms with E-state index in [1.165, 1.54) is 12.1 Å². The van der Waals surface area contributed by atoms with Crippen LogP contribution in [-0.2, 0) is 13.0 Å². The molecule has 0 amide bonds. The minimum absolute atomic E-state index is 0.390. The molecular formula is C11H21N3. The van der Waals surface area contributed by atoms with Crippen LogP contribution in [-0.4, -0.2) is 15.0 Å². The quantitative estimate of drug-likeness (QED) is 0.739. The second-order valence-corrected chi connectivity index (χ2v) is 5.01. The number of hydrogen-bond donors (Lipinski definition) is 0. The second-order valence-electron chi connectivity index (χ2n) is 5.01. The van der Waals surface area contributed by atoms with E-state index < -0.39 is 0 Å². The van der Waals surface area contributed by atoms with Crippen molar-refractivity contribution in [1.29, 1.82) is 0 Å². The Labute approximate surface area is 86.5 Å². The molecule has 1 heterocycles. The Hall–Kier alpha value is -0.860. The Balaban J connectivity index is 2.53. The van der Waals surface area contributed by atoms with E-state index in [0.29, 0.717) is 5.41 Å². The maximum absolute atomic E-state index is 4.07. The van der Waals surface area contributed by atoms with Crippen LogP contribution < -0.4 is 0 Å². The van der Waals surface area contributed by atoms with Crippen molar-refractivity contribution >= 4 is 0 Å². The van der Waals surface area contributed by atoms with Crippen LogP contribution in [0.5, 0.6) is 0 Å². The predicted molar refractivity (Wildman–Crippen MR) is 58.1 cm³/mol. The van der Waals surface area contributed by atoms with E-state index in [1.54, 1.807) is 0 Å². The van der Waals surface area contributed by atoms with Gasteiger partial charge in [-0.05, 0) is 24.7 Å². The van der Waals surface area contributed by atoms with Crippen LogP contribution in [0.3, 0.4) is 0 Å². The summed E-state index contributed by atoms with van der Waals surface area (Å²) in [4.78, 5) is 0. The molecule has 1 aromatic heterocycles. The molecule has 1 aromatic rings. The number of aromatic nitrogens is 3. The van der Waals surface area contributed by atoms with Crippen molar-refractivity contribution in [3.05, 3.63) is 11.9 Å². The standard InChI is InChI=1S/C11H21N3/c1-5-8-14-10(9-12-13-14)6-7-11(2,3)4/h9H,5-8H2,1-4H3. The third-order valence-corrected chi connectivity index (χ3v) is 2.26. The van der Waals surface area contributed by atoms with E-state index in [0.717, 1.165) is 19.4 Å². The van der Waals surface area contributed by atoms with Crippen LogP contribution >= 0.6 is 0 Å². The number of rotatable bonds is 4. The Kier molecular flexibility index (Phi) is 3.67. The summed E-state index contributed by atoms with van der Waals surface area (Å²) in [5.41, 5.74) is 1.66. The van der Waals surface area contributed by atoms with Crippen LogP contribution in [0.25, 0.3) is 0 Å². The smallest absolute Gasteiger partial charge is 0.0725 e. The SMILES string of the molecule is CCCn1nncc1CCC(C)(C)C. The molecule has 0 aliphatic rings.